The standard InChI is InChI=1S/C11H10N2OS/c1-7-3-4-9(5-12-7)10-6-15-11(13-10)8(2)14/h3-6H,1-2H3. The van der Waals surface area contributed by atoms with Crippen molar-refractivity contribution in [3.63, 3.8) is 0 Å². The highest BCUT2D eigenvalue weighted by atomic mass is 32.1. The van der Waals surface area contributed by atoms with Gasteiger partial charge in [0, 0.05) is 29.8 Å². The third-order valence-corrected chi connectivity index (χ3v) is 2.96. The number of aromatic nitrogens is 2. The Bertz CT molecular complexity index is 488. The van der Waals surface area contributed by atoms with Crippen molar-refractivity contribution < 1.29 is 4.79 Å². The first-order valence-electron chi connectivity index (χ1n) is 4.56. The number of rotatable bonds is 2. The second kappa shape index (κ2) is 3.90. The van der Waals surface area contributed by atoms with E-state index in [0.717, 1.165) is 17.0 Å². The first-order valence-corrected chi connectivity index (χ1v) is 5.44. The number of carbonyl (C=O) groups is 1. The van der Waals surface area contributed by atoms with E-state index in [0.29, 0.717) is 5.01 Å². The minimum Gasteiger partial charge on any atom is -0.292 e. The Hall–Kier alpha value is -1.55. The normalized spacial score (nSPS) is 10.3. The fourth-order valence-corrected chi connectivity index (χ4v) is 1.92. The first kappa shape index (κ1) is 9.98. The van der Waals surface area contributed by atoms with Crippen LogP contribution in [0.3, 0.4) is 0 Å². The molecule has 0 bridgehead atoms. The lowest BCUT2D eigenvalue weighted by Crippen LogP contribution is -1.90. The molecule has 76 valence electrons. The summed E-state index contributed by atoms with van der Waals surface area (Å²) in [4.78, 5) is 19.5. The van der Waals surface area contributed by atoms with Gasteiger partial charge in [-0.25, -0.2) is 4.98 Å². The number of hydrogen-bond acceptors (Lipinski definition) is 4. The predicted molar refractivity (Wildman–Crippen MR) is 60.1 cm³/mol. The molecule has 2 heterocycles. The summed E-state index contributed by atoms with van der Waals surface area (Å²) in [5.41, 5.74) is 2.74. The molecule has 0 aromatic carbocycles. The van der Waals surface area contributed by atoms with E-state index in [2.05, 4.69) is 9.97 Å². The lowest BCUT2D eigenvalue weighted by molar-refractivity contribution is 0.101. The van der Waals surface area contributed by atoms with Gasteiger partial charge in [0.1, 0.15) is 0 Å². The third-order valence-electron chi connectivity index (χ3n) is 2.01. The Labute approximate surface area is 91.8 Å². The summed E-state index contributed by atoms with van der Waals surface area (Å²) in [6.45, 7) is 3.46. The largest absolute Gasteiger partial charge is 0.292 e. The molecular weight excluding hydrogens is 208 g/mol. The second-order valence-electron chi connectivity index (χ2n) is 3.28. The van der Waals surface area contributed by atoms with Crippen molar-refractivity contribution in [2.45, 2.75) is 13.8 Å². The van der Waals surface area contributed by atoms with Crippen LogP contribution in [-0.2, 0) is 0 Å². The van der Waals surface area contributed by atoms with E-state index in [9.17, 15) is 4.79 Å². The molecule has 0 aliphatic carbocycles. The number of nitrogens with zero attached hydrogens (tertiary/aromatic N) is 2. The minimum absolute atomic E-state index is 0.00585. The molecule has 4 heteroatoms. The molecule has 0 atom stereocenters. The fourth-order valence-electron chi connectivity index (χ4n) is 1.19. The molecule has 2 aromatic heterocycles. The highest BCUT2D eigenvalue weighted by Gasteiger charge is 2.07. The number of ketones is 1. The predicted octanol–water partition coefficient (Wildman–Crippen LogP) is 2.72. The molecule has 0 aliphatic heterocycles. The quantitative estimate of drug-likeness (QED) is 0.728. The zero-order valence-corrected chi connectivity index (χ0v) is 9.34. The van der Waals surface area contributed by atoms with Crippen LogP contribution in [0.25, 0.3) is 11.3 Å². The monoisotopic (exact) mass is 218 g/mol. The summed E-state index contributed by atoms with van der Waals surface area (Å²) in [5.74, 6) is 0.00585. The molecule has 0 N–H and O–H groups in total. The van der Waals surface area contributed by atoms with Crippen LogP contribution in [0.15, 0.2) is 23.7 Å². The summed E-state index contributed by atoms with van der Waals surface area (Å²) < 4.78 is 0. The van der Waals surface area contributed by atoms with E-state index >= 15 is 0 Å². The molecular formula is C11H10N2OS. The average Bonchev–Trinajstić information content (AvgIpc) is 2.68. The van der Waals surface area contributed by atoms with Crippen molar-refractivity contribution in [3.8, 4) is 11.3 Å². The van der Waals surface area contributed by atoms with Gasteiger partial charge < -0.3 is 0 Å². The van der Waals surface area contributed by atoms with E-state index in [1.54, 1.807) is 6.20 Å². The molecule has 2 rings (SSSR count). The van der Waals surface area contributed by atoms with Crippen LogP contribution in [0.5, 0.6) is 0 Å². The zero-order valence-electron chi connectivity index (χ0n) is 8.52. The minimum atomic E-state index is 0.00585. The topological polar surface area (TPSA) is 42.9 Å². The second-order valence-corrected chi connectivity index (χ2v) is 4.14. The van der Waals surface area contributed by atoms with Gasteiger partial charge in [-0.15, -0.1) is 11.3 Å². The number of hydrogen-bond donors (Lipinski definition) is 0. The van der Waals surface area contributed by atoms with Crippen molar-refractivity contribution in [2.75, 3.05) is 0 Å². The molecule has 2 aromatic rings. The molecule has 0 fully saturated rings. The number of thiazole rings is 1. The maximum Gasteiger partial charge on any atom is 0.188 e. The van der Waals surface area contributed by atoms with Crippen molar-refractivity contribution >= 4 is 17.1 Å². The molecule has 15 heavy (non-hydrogen) atoms. The van der Waals surface area contributed by atoms with Crippen LogP contribution < -0.4 is 0 Å². The lowest BCUT2D eigenvalue weighted by Gasteiger charge is -1.95. The van der Waals surface area contributed by atoms with Crippen molar-refractivity contribution in [1.29, 1.82) is 0 Å². The Kier molecular flexibility index (Phi) is 2.60. The molecule has 0 aliphatic rings. The number of Topliss-reactive ketones (excluding diaryl/α,β-unsaturated/α-hetero) is 1. The van der Waals surface area contributed by atoms with Gasteiger partial charge in [-0.3, -0.25) is 9.78 Å². The SMILES string of the molecule is CC(=O)c1nc(-c2ccc(C)nc2)cs1. The Morgan fingerprint density at radius 2 is 2.20 bits per heavy atom. The van der Waals surface area contributed by atoms with E-state index in [-0.39, 0.29) is 5.78 Å². The number of pyridine rings is 1. The van der Waals surface area contributed by atoms with Gasteiger partial charge >= 0.3 is 0 Å². The zero-order chi connectivity index (χ0) is 10.8. The van der Waals surface area contributed by atoms with Crippen molar-refractivity contribution in [3.05, 3.63) is 34.4 Å². The Morgan fingerprint density at radius 3 is 2.73 bits per heavy atom. The van der Waals surface area contributed by atoms with Crippen molar-refractivity contribution in [1.82, 2.24) is 9.97 Å². The van der Waals surface area contributed by atoms with Gasteiger partial charge in [0.15, 0.2) is 10.8 Å². The molecule has 0 saturated carbocycles. The van der Waals surface area contributed by atoms with E-state index in [1.807, 2.05) is 24.4 Å². The van der Waals surface area contributed by atoms with Gasteiger partial charge in [0.05, 0.1) is 5.69 Å². The maximum atomic E-state index is 11.1. The van der Waals surface area contributed by atoms with Crippen LogP contribution in [0.4, 0.5) is 0 Å². The summed E-state index contributed by atoms with van der Waals surface area (Å²) in [7, 11) is 0. The van der Waals surface area contributed by atoms with Gasteiger partial charge in [-0.2, -0.15) is 0 Å². The van der Waals surface area contributed by atoms with E-state index < -0.39 is 0 Å². The maximum absolute atomic E-state index is 11.1. The molecule has 0 amide bonds. The average molecular weight is 218 g/mol. The highest BCUT2D eigenvalue weighted by Crippen LogP contribution is 2.21. The van der Waals surface area contributed by atoms with Gasteiger partial charge in [-0.05, 0) is 19.1 Å². The Balaban J connectivity index is 2.37. The van der Waals surface area contributed by atoms with Crippen LogP contribution >= 0.6 is 11.3 Å². The van der Waals surface area contributed by atoms with Crippen LogP contribution in [-0.4, -0.2) is 15.8 Å². The van der Waals surface area contributed by atoms with Gasteiger partial charge in [0.25, 0.3) is 0 Å². The highest BCUT2D eigenvalue weighted by molar-refractivity contribution is 7.12. The van der Waals surface area contributed by atoms with Crippen molar-refractivity contribution in [2.24, 2.45) is 0 Å². The van der Waals surface area contributed by atoms with Crippen LogP contribution in [0.1, 0.15) is 22.4 Å². The molecule has 3 nitrogen and oxygen atoms in total. The summed E-state index contributed by atoms with van der Waals surface area (Å²) in [5, 5.41) is 2.42. The van der Waals surface area contributed by atoms with Gasteiger partial charge in [0.2, 0.25) is 0 Å². The summed E-state index contributed by atoms with van der Waals surface area (Å²) in [6.07, 6.45) is 1.77. The van der Waals surface area contributed by atoms with Gasteiger partial charge in [-0.1, -0.05) is 0 Å². The lowest BCUT2D eigenvalue weighted by atomic mass is 10.2. The fraction of sp³-hybridized carbons (Fsp3) is 0.182. The molecule has 0 unspecified atom stereocenters. The molecule has 0 spiro atoms. The third kappa shape index (κ3) is 2.10. The number of carbonyl (C=O) groups excluding carboxylic acids is 1. The first-order chi connectivity index (χ1) is 7.16. The summed E-state index contributed by atoms with van der Waals surface area (Å²) in [6, 6.07) is 3.89. The van der Waals surface area contributed by atoms with E-state index in [1.165, 1.54) is 18.3 Å². The van der Waals surface area contributed by atoms with Crippen LogP contribution in [0, 0.1) is 6.92 Å². The van der Waals surface area contributed by atoms with Crippen LogP contribution in [0.2, 0.25) is 0 Å². The molecule has 0 saturated heterocycles. The van der Waals surface area contributed by atoms with E-state index in [4.69, 9.17) is 0 Å². The summed E-state index contributed by atoms with van der Waals surface area (Å²) >= 11 is 1.37. The number of aryl methyl sites for hydroxylation is 1. The molecule has 0 radical (unpaired) electrons. The Morgan fingerprint density at radius 1 is 1.40 bits per heavy atom. The smallest absolute Gasteiger partial charge is 0.188 e.